The number of amides is 2. The van der Waals surface area contributed by atoms with Crippen molar-refractivity contribution < 1.29 is 20.5 Å². The van der Waals surface area contributed by atoms with Gasteiger partial charge in [-0.15, -0.1) is 0 Å². The Kier molecular flexibility index (Phi) is 17.5. The van der Waals surface area contributed by atoms with E-state index in [-0.39, 0.29) is 30.4 Å². The maximum Gasteiger partial charge on any atom is 0.254 e. The molecule has 0 unspecified atom stereocenters. The topological polar surface area (TPSA) is 122 Å². The largest absolute Gasteiger partial charge is 0.339 e. The summed E-state index contributed by atoms with van der Waals surface area (Å²) in [7, 11) is 0. The number of nitrogens with zero attached hydrogens (tertiary/aromatic N) is 4. The van der Waals surface area contributed by atoms with Crippen LogP contribution in [0.15, 0.2) is 72.8 Å². The van der Waals surface area contributed by atoms with Crippen molar-refractivity contribution in [2.75, 3.05) is 31.5 Å². The summed E-state index contributed by atoms with van der Waals surface area (Å²) in [5.74, 6) is 1.69. The average molecular weight is 947 g/mol. The van der Waals surface area contributed by atoms with Crippen LogP contribution >= 0.6 is 27.5 Å². The molecule has 2 aliphatic carbocycles. The maximum absolute atomic E-state index is 13.3. The number of halogens is 2. The fourth-order valence-corrected chi connectivity index (χ4v) is 9.82. The summed E-state index contributed by atoms with van der Waals surface area (Å²) in [5.41, 5.74) is 10.2. The summed E-state index contributed by atoms with van der Waals surface area (Å²) in [5, 5.41) is 17.7. The molecule has 0 radical (unpaired) electrons. The minimum Gasteiger partial charge on any atom is -0.339 e. The van der Waals surface area contributed by atoms with Crippen molar-refractivity contribution >= 4 is 50.4 Å². The van der Waals surface area contributed by atoms with Gasteiger partial charge in [0.1, 0.15) is 0 Å². The molecule has 2 heterocycles. The Morgan fingerprint density at radius 2 is 0.984 bits per heavy atom. The SMILES string of the molecule is C.Cc1cc(C2CCC2)c(C(=O)CBr)cc1C(=O)N1CCC(c2ccc(C#N)cc2)CC1.Cc1cc(C2CCC2)c(C(=O)Cl)cc1C(=O)N1CCC(c2ccc(C#N)cc2)CC1.[2H]CC. The lowest BCUT2D eigenvalue weighted by Gasteiger charge is -2.33. The molecule has 0 N–H and O–H groups in total. The molecule has 4 fully saturated rings. The van der Waals surface area contributed by atoms with Gasteiger partial charge in [-0.05, 0) is 170 Å². The van der Waals surface area contributed by atoms with E-state index in [4.69, 9.17) is 23.5 Å². The summed E-state index contributed by atoms with van der Waals surface area (Å²) in [6, 6.07) is 27.5. The summed E-state index contributed by atoms with van der Waals surface area (Å²) >= 11 is 9.18. The first-order chi connectivity index (χ1) is 30.9. The van der Waals surface area contributed by atoms with Gasteiger partial charge < -0.3 is 9.80 Å². The number of rotatable bonds is 9. The maximum atomic E-state index is 13.3. The van der Waals surface area contributed by atoms with Crippen molar-refractivity contribution in [1.82, 2.24) is 9.80 Å². The predicted molar refractivity (Wildman–Crippen MR) is 260 cm³/mol. The molecule has 8 nitrogen and oxygen atoms in total. The number of carbonyl (C=O) groups is 4. The van der Waals surface area contributed by atoms with E-state index >= 15 is 0 Å². The molecular formula is C54H62BrClN4O4. The Morgan fingerprint density at radius 1 is 0.625 bits per heavy atom. The van der Waals surface area contributed by atoms with Crippen LogP contribution in [0.4, 0.5) is 0 Å². The van der Waals surface area contributed by atoms with Gasteiger partial charge in [-0.1, -0.05) is 86.4 Å². The Hall–Kier alpha value is -5.09. The number of benzene rings is 4. The number of aryl methyl sites for hydroxylation is 2. The van der Waals surface area contributed by atoms with Crippen molar-refractivity contribution in [3.8, 4) is 12.1 Å². The number of likely N-dealkylation sites (tertiary alicyclic amines) is 2. The monoisotopic (exact) mass is 945 g/mol. The van der Waals surface area contributed by atoms with E-state index in [1.54, 1.807) is 13.0 Å². The van der Waals surface area contributed by atoms with Gasteiger partial charge in [0.05, 0.1) is 28.6 Å². The first-order valence-corrected chi connectivity index (χ1v) is 23.9. The fourth-order valence-electron chi connectivity index (χ4n) is 9.35. The zero-order valence-electron chi connectivity index (χ0n) is 37.7. The zero-order valence-corrected chi connectivity index (χ0v) is 39.1. The van der Waals surface area contributed by atoms with Crippen LogP contribution in [0.5, 0.6) is 0 Å². The Labute approximate surface area is 395 Å². The third-order valence-electron chi connectivity index (χ3n) is 13.6. The van der Waals surface area contributed by atoms with Gasteiger partial charge in [-0.2, -0.15) is 10.5 Å². The first-order valence-electron chi connectivity index (χ1n) is 23.1. The van der Waals surface area contributed by atoms with Crippen molar-refractivity contribution in [1.29, 1.82) is 10.5 Å². The number of Topliss-reactive ketones (excluding diaryl/α,β-unsaturated/α-hetero) is 1. The highest BCUT2D eigenvalue weighted by molar-refractivity contribution is 9.09. The van der Waals surface area contributed by atoms with E-state index in [1.165, 1.54) is 24.0 Å². The number of piperidine rings is 2. The van der Waals surface area contributed by atoms with E-state index in [0.29, 0.717) is 90.1 Å². The molecule has 336 valence electrons. The van der Waals surface area contributed by atoms with Crippen molar-refractivity contribution in [3.05, 3.63) is 140 Å². The Morgan fingerprint density at radius 3 is 1.30 bits per heavy atom. The molecule has 4 aliphatic rings. The van der Waals surface area contributed by atoms with Crippen molar-refractivity contribution in [2.24, 2.45) is 0 Å². The summed E-state index contributed by atoms with van der Waals surface area (Å²) < 4.78 is 6.21. The number of ketones is 1. The summed E-state index contributed by atoms with van der Waals surface area (Å²) in [4.78, 5) is 55.0. The minimum atomic E-state index is -0.481. The van der Waals surface area contributed by atoms with E-state index < -0.39 is 5.24 Å². The highest BCUT2D eigenvalue weighted by Gasteiger charge is 2.31. The molecule has 8 rings (SSSR count). The van der Waals surface area contributed by atoms with Crippen LogP contribution in [0.1, 0.15) is 196 Å². The molecular weight excluding hydrogens is 884 g/mol. The van der Waals surface area contributed by atoms with E-state index in [2.05, 4.69) is 34.1 Å². The lowest BCUT2D eigenvalue weighted by atomic mass is 9.76. The number of hydrogen-bond acceptors (Lipinski definition) is 6. The van der Waals surface area contributed by atoms with Crippen LogP contribution in [0.25, 0.3) is 0 Å². The van der Waals surface area contributed by atoms with Gasteiger partial charge in [-0.3, -0.25) is 19.2 Å². The third kappa shape index (κ3) is 11.4. The van der Waals surface area contributed by atoms with Crippen LogP contribution in [-0.2, 0) is 0 Å². The third-order valence-corrected chi connectivity index (χ3v) is 14.3. The molecule has 2 saturated carbocycles. The average Bonchev–Trinajstić information content (AvgIpc) is 3.28. The molecule has 0 aromatic heterocycles. The van der Waals surface area contributed by atoms with Gasteiger partial charge >= 0.3 is 0 Å². The highest BCUT2D eigenvalue weighted by atomic mass is 79.9. The molecule has 2 saturated heterocycles. The molecule has 10 heteroatoms. The predicted octanol–water partition coefficient (Wildman–Crippen LogP) is 12.9. The minimum absolute atomic E-state index is 0. The van der Waals surface area contributed by atoms with Gasteiger partial charge in [-0.25, -0.2) is 0 Å². The van der Waals surface area contributed by atoms with Crippen LogP contribution in [0, 0.1) is 36.5 Å². The number of nitriles is 2. The van der Waals surface area contributed by atoms with Crippen molar-refractivity contribution in [2.45, 2.75) is 123 Å². The van der Waals surface area contributed by atoms with Crippen LogP contribution < -0.4 is 0 Å². The quantitative estimate of drug-likeness (QED) is 0.0935. The standard InChI is InChI=1S/C26H27BrN2O2.C25H25ClN2O2.C2H6.CH4/c1-17-13-23(21-3-2-4-21)24(25(30)15-27)14-22(17)26(31)29-11-9-20(10-12-29)19-7-5-18(16-28)6-8-19;1-16-13-22(20-3-2-4-20)23(24(26)29)14-21(16)25(30)28-11-9-19(10-12-28)18-7-5-17(15-27)6-8-18;1-2;/h5-8,13-14,20-21H,2-4,9-12,15H2,1H3;5-8,13-14,19-20H,2-4,9-12H2,1H3;1-2H3;1H4/i;;1D;. The second-order valence-corrected chi connectivity index (χ2v) is 18.1. The molecule has 0 bridgehead atoms. The smallest absolute Gasteiger partial charge is 0.254 e. The molecule has 4 aromatic rings. The molecule has 2 aliphatic heterocycles. The van der Waals surface area contributed by atoms with E-state index in [1.807, 2.05) is 84.3 Å². The normalized spacial score (nSPS) is 16.7. The van der Waals surface area contributed by atoms with Gasteiger partial charge in [0, 0.05) is 49.8 Å². The zero-order chi connectivity index (χ0) is 45.9. The lowest BCUT2D eigenvalue weighted by Crippen LogP contribution is -2.38. The molecule has 4 aromatic carbocycles. The lowest BCUT2D eigenvalue weighted by molar-refractivity contribution is 0.0704. The number of hydrogen-bond donors (Lipinski definition) is 0. The number of carbonyl (C=O) groups excluding carboxylic acids is 4. The van der Waals surface area contributed by atoms with E-state index in [9.17, 15) is 19.2 Å². The van der Waals surface area contributed by atoms with Crippen LogP contribution in [0.3, 0.4) is 0 Å². The van der Waals surface area contributed by atoms with Gasteiger partial charge in [0.25, 0.3) is 17.1 Å². The molecule has 0 spiro atoms. The summed E-state index contributed by atoms with van der Waals surface area (Å²) in [6.45, 7) is 8.99. The highest BCUT2D eigenvalue weighted by Crippen LogP contribution is 2.41. The molecule has 0 atom stereocenters. The second kappa shape index (κ2) is 23.2. The fraction of sp³-hybridized carbons (Fsp3) is 0.444. The Balaban J connectivity index is 0.000000227. The second-order valence-electron chi connectivity index (χ2n) is 17.2. The number of alkyl halides is 1. The van der Waals surface area contributed by atoms with Crippen molar-refractivity contribution in [3.63, 3.8) is 0 Å². The van der Waals surface area contributed by atoms with Crippen LogP contribution in [0.2, 0.25) is 0 Å². The van der Waals surface area contributed by atoms with Crippen LogP contribution in [-0.4, -0.2) is 64.1 Å². The van der Waals surface area contributed by atoms with E-state index in [0.717, 1.165) is 73.6 Å². The molecule has 2 amide bonds. The molecule has 64 heavy (non-hydrogen) atoms. The first kappa shape index (κ1) is 48.4. The Bertz CT molecular complexity index is 2400. The van der Waals surface area contributed by atoms with Gasteiger partial charge in [0.2, 0.25) is 0 Å². The summed E-state index contributed by atoms with van der Waals surface area (Å²) in [6.07, 6.45) is 10.4. The van der Waals surface area contributed by atoms with Gasteiger partial charge in [0.15, 0.2) is 5.78 Å².